The van der Waals surface area contributed by atoms with Crippen LogP contribution in [0.2, 0.25) is 0 Å². The molecule has 8 heteroatoms. The number of piperazine rings is 1. The third kappa shape index (κ3) is 6.75. The summed E-state index contributed by atoms with van der Waals surface area (Å²) in [5.74, 6) is -0.349. The lowest BCUT2D eigenvalue weighted by molar-refractivity contribution is -0.130. The van der Waals surface area contributed by atoms with Crippen molar-refractivity contribution in [3.63, 3.8) is 0 Å². The average Bonchev–Trinajstić information content (AvgIpc) is 3.37. The van der Waals surface area contributed by atoms with Gasteiger partial charge in [0, 0.05) is 63.2 Å². The summed E-state index contributed by atoms with van der Waals surface area (Å²) in [5, 5.41) is 0.795. The number of H-pyrrole nitrogens is 1. The molecular formula is C35H38N4O4. The number of fused-ring (bicyclic) bond motifs is 1. The van der Waals surface area contributed by atoms with E-state index < -0.39 is 5.97 Å². The summed E-state index contributed by atoms with van der Waals surface area (Å²) >= 11 is 0. The number of pyridine rings is 1. The van der Waals surface area contributed by atoms with Crippen molar-refractivity contribution >= 4 is 28.7 Å². The highest BCUT2D eigenvalue weighted by Crippen LogP contribution is 2.39. The van der Waals surface area contributed by atoms with Crippen molar-refractivity contribution in [1.29, 1.82) is 0 Å². The second kappa shape index (κ2) is 12.8. The number of hydrogen-bond acceptors (Lipinski definition) is 6. The summed E-state index contributed by atoms with van der Waals surface area (Å²) < 4.78 is 5.46. The maximum atomic E-state index is 12.8. The molecule has 1 aliphatic rings. The largest absolute Gasteiger partial charge is 0.459 e. The van der Waals surface area contributed by atoms with Gasteiger partial charge in [0.25, 0.3) is 0 Å². The Balaban J connectivity index is 1.58. The van der Waals surface area contributed by atoms with Gasteiger partial charge >= 0.3 is 5.97 Å². The summed E-state index contributed by atoms with van der Waals surface area (Å²) in [4.78, 5) is 49.2. The summed E-state index contributed by atoms with van der Waals surface area (Å²) in [6.07, 6.45) is 2.90. The summed E-state index contributed by atoms with van der Waals surface area (Å²) in [6.45, 7) is 14.8. The molecule has 0 bridgehead atoms. The van der Waals surface area contributed by atoms with Crippen molar-refractivity contribution in [3.8, 4) is 22.4 Å². The molecule has 1 aliphatic heterocycles. The van der Waals surface area contributed by atoms with E-state index in [1.807, 2.05) is 56.0 Å². The number of carbonyl (C=O) groups excluding carboxylic acids is 3. The van der Waals surface area contributed by atoms with Crippen LogP contribution in [0.5, 0.6) is 0 Å². The van der Waals surface area contributed by atoms with Crippen LogP contribution < -0.4 is 0 Å². The smallest absolute Gasteiger partial charge is 0.339 e. The molecule has 222 valence electrons. The van der Waals surface area contributed by atoms with Gasteiger partial charge in [-0.05, 0) is 66.8 Å². The zero-order chi connectivity index (χ0) is 30.7. The van der Waals surface area contributed by atoms with E-state index in [0.717, 1.165) is 77.2 Å². The van der Waals surface area contributed by atoms with E-state index in [-0.39, 0.29) is 24.2 Å². The fraction of sp³-hybridized carbons (Fsp3) is 0.314. The van der Waals surface area contributed by atoms with Crippen LogP contribution >= 0.6 is 0 Å². The third-order valence-corrected chi connectivity index (χ3v) is 7.90. The number of esters is 1. The summed E-state index contributed by atoms with van der Waals surface area (Å²) in [5.41, 5.74) is 7.82. The van der Waals surface area contributed by atoms with Crippen molar-refractivity contribution in [3.05, 3.63) is 89.6 Å². The minimum Gasteiger partial charge on any atom is -0.459 e. The van der Waals surface area contributed by atoms with Crippen LogP contribution in [-0.2, 0) is 27.3 Å². The third-order valence-electron chi connectivity index (χ3n) is 7.90. The molecule has 2 aromatic carbocycles. The van der Waals surface area contributed by atoms with Crippen molar-refractivity contribution in [2.75, 3.05) is 26.2 Å². The average molecular weight is 579 g/mol. The molecule has 1 saturated heterocycles. The molecule has 0 aliphatic carbocycles. The fourth-order valence-corrected chi connectivity index (χ4v) is 5.56. The standard InChI is InChI=1S/C35H38N4O4/c1-6-30(41)18-28-17-26(11-10-23(28)4)32-31-19-29(35(42)43-22(2)3)20-36-34(31)37-33(32)27-9-7-8-25(16-27)21-38-12-14-39(15-13-38)24(5)40/h6-11,16-17,19-20,22H,1,12-15,18,21H2,2-5H3,(H,36,37). The molecule has 1 N–H and O–H groups in total. The van der Waals surface area contributed by atoms with Gasteiger partial charge < -0.3 is 14.6 Å². The molecule has 0 unspecified atom stereocenters. The van der Waals surface area contributed by atoms with Crippen molar-refractivity contribution in [2.45, 2.75) is 46.8 Å². The quantitative estimate of drug-likeness (QED) is 0.201. The number of nitrogens with zero attached hydrogens (tertiary/aromatic N) is 3. The first kappa shape index (κ1) is 29.9. The second-order valence-electron chi connectivity index (χ2n) is 11.4. The number of benzene rings is 2. The van der Waals surface area contributed by atoms with Gasteiger partial charge in [-0.3, -0.25) is 14.5 Å². The van der Waals surface area contributed by atoms with Crippen LogP contribution in [0.4, 0.5) is 0 Å². The number of aryl methyl sites for hydroxylation is 1. The number of aromatic amines is 1. The molecule has 0 saturated carbocycles. The van der Waals surface area contributed by atoms with Crippen LogP contribution in [0.1, 0.15) is 47.8 Å². The van der Waals surface area contributed by atoms with Gasteiger partial charge in [-0.15, -0.1) is 0 Å². The van der Waals surface area contributed by atoms with Crippen molar-refractivity contribution in [1.82, 2.24) is 19.8 Å². The van der Waals surface area contributed by atoms with Gasteiger partial charge in [-0.2, -0.15) is 0 Å². The van der Waals surface area contributed by atoms with E-state index in [4.69, 9.17) is 4.74 Å². The predicted octanol–water partition coefficient (Wildman–Crippen LogP) is 5.73. The van der Waals surface area contributed by atoms with Crippen LogP contribution in [0.15, 0.2) is 67.4 Å². The lowest BCUT2D eigenvalue weighted by atomic mass is 9.93. The van der Waals surface area contributed by atoms with E-state index in [1.165, 1.54) is 12.3 Å². The first-order valence-electron chi connectivity index (χ1n) is 14.7. The predicted molar refractivity (Wildman–Crippen MR) is 169 cm³/mol. The second-order valence-corrected chi connectivity index (χ2v) is 11.4. The van der Waals surface area contributed by atoms with Gasteiger partial charge in [0.2, 0.25) is 5.91 Å². The molecule has 3 heterocycles. The number of amides is 1. The Kier molecular flexibility index (Phi) is 8.87. The van der Waals surface area contributed by atoms with Gasteiger partial charge in [-0.25, -0.2) is 9.78 Å². The zero-order valence-corrected chi connectivity index (χ0v) is 25.3. The number of rotatable bonds is 9. The highest BCUT2D eigenvalue weighted by atomic mass is 16.5. The van der Waals surface area contributed by atoms with Crippen LogP contribution in [0.25, 0.3) is 33.4 Å². The number of carbonyl (C=O) groups is 3. The SMILES string of the molecule is C=CC(=O)Cc1cc(-c2c(-c3cccc(CN4CCN(C(C)=O)CC4)c3)[nH]c3ncc(C(=O)OC(C)C)cc23)ccc1C. The van der Waals surface area contributed by atoms with E-state index in [1.54, 1.807) is 6.92 Å². The fourth-order valence-electron chi connectivity index (χ4n) is 5.56. The highest BCUT2D eigenvalue weighted by molar-refractivity contribution is 6.05. The topological polar surface area (TPSA) is 95.6 Å². The normalized spacial score (nSPS) is 13.8. The van der Waals surface area contributed by atoms with Gasteiger partial charge in [0.15, 0.2) is 5.78 Å². The van der Waals surface area contributed by atoms with Gasteiger partial charge in [0.1, 0.15) is 5.65 Å². The van der Waals surface area contributed by atoms with Gasteiger partial charge in [0.05, 0.1) is 17.4 Å². The first-order valence-corrected chi connectivity index (χ1v) is 14.7. The number of hydrogen-bond donors (Lipinski definition) is 1. The Labute approximate surface area is 252 Å². The number of ketones is 1. The maximum Gasteiger partial charge on any atom is 0.339 e. The lowest BCUT2D eigenvalue weighted by Crippen LogP contribution is -2.47. The number of aromatic nitrogens is 2. The Morgan fingerprint density at radius 1 is 1.05 bits per heavy atom. The monoisotopic (exact) mass is 578 g/mol. The van der Waals surface area contributed by atoms with E-state index in [0.29, 0.717) is 11.2 Å². The molecule has 43 heavy (non-hydrogen) atoms. The Bertz CT molecular complexity index is 1700. The van der Waals surface area contributed by atoms with Crippen molar-refractivity contribution in [2.24, 2.45) is 0 Å². The van der Waals surface area contributed by atoms with Crippen LogP contribution in [-0.4, -0.2) is 69.7 Å². The minimum atomic E-state index is -0.425. The first-order chi connectivity index (χ1) is 20.6. The Hall–Kier alpha value is -4.56. The molecule has 5 rings (SSSR count). The van der Waals surface area contributed by atoms with Crippen LogP contribution in [0, 0.1) is 6.92 Å². The molecular weight excluding hydrogens is 540 g/mol. The van der Waals surface area contributed by atoms with E-state index >= 15 is 0 Å². The minimum absolute atomic E-state index is 0.0448. The molecule has 1 amide bonds. The number of allylic oxidation sites excluding steroid dienone is 1. The van der Waals surface area contributed by atoms with Crippen LogP contribution in [0.3, 0.4) is 0 Å². The Morgan fingerprint density at radius 3 is 2.51 bits per heavy atom. The molecule has 0 radical (unpaired) electrons. The number of nitrogens with one attached hydrogen (secondary N) is 1. The Morgan fingerprint density at radius 2 is 1.81 bits per heavy atom. The molecule has 0 atom stereocenters. The highest BCUT2D eigenvalue weighted by Gasteiger charge is 2.22. The molecule has 2 aromatic heterocycles. The molecule has 0 spiro atoms. The van der Waals surface area contributed by atoms with E-state index in [9.17, 15) is 14.4 Å². The van der Waals surface area contributed by atoms with Gasteiger partial charge in [-0.1, -0.05) is 43.0 Å². The molecule has 1 fully saturated rings. The maximum absolute atomic E-state index is 12.8. The van der Waals surface area contributed by atoms with Crippen molar-refractivity contribution < 1.29 is 19.1 Å². The van der Waals surface area contributed by atoms with E-state index in [2.05, 4.69) is 39.6 Å². The number of ether oxygens (including phenoxy) is 1. The summed E-state index contributed by atoms with van der Waals surface area (Å²) in [7, 11) is 0. The lowest BCUT2D eigenvalue weighted by Gasteiger charge is -2.34. The zero-order valence-electron chi connectivity index (χ0n) is 25.3. The summed E-state index contributed by atoms with van der Waals surface area (Å²) in [6, 6.07) is 16.3. The molecule has 4 aromatic rings. The molecule has 8 nitrogen and oxygen atoms in total.